The first-order valence-electron chi connectivity index (χ1n) is 19.1. The molecule has 294 valence electrons. The fourth-order valence-corrected chi connectivity index (χ4v) is 12.1. The lowest BCUT2D eigenvalue weighted by Crippen LogP contribution is -2.58. The summed E-state index contributed by atoms with van der Waals surface area (Å²) < 4.78 is 45.9. The van der Waals surface area contributed by atoms with Crippen LogP contribution in [0, 0.1) is 51.5 Å². The van der Waals surface area contributed by atoms with Gasteiger partial charge in [-0.25, -0.2) is 8.42 Å². The van der Waals surface area contributed by atoms with E-state index in [1.54, 1.807) is 6.07 Å². The van der Waals surface area contributed by atoms with E-state index in [0.717, 1.165) is 57.8 Å². The Morgan fingerprint density at radius 3 is 2.51 bits per heavy atom. The third-order valence-corrected chi connectivity index (χ3v) is 15.2. The second kappa shape index (κ2) is 16.2. The molecule has 1 heterocycles. The summed E-state index contributed by atoms with van der Waals surface area (Å²) in [6.07, 6.45) is 8.51. The Morgan fingerprint density at radius 1 is 1.02 bits per heavy atom. The number of benzene rings is 1. The van der Waals surface area contributed by atoms with Gasteiger partial charge < -0.3 is 34.9 Å². The molecule has 14 nitrogen and oxygen atoms in total. The molecule has 0 spiro atoms. The van der Waals surface area contributed by atoms with Gasteiger partial charge >= 0.3 is 16.9 Å². The van der Waals surface area contributed by atoms with E-state index in [1.165, 1.54) is 24.3 Å². The molecule has 0 bridgehead atoms. The summed E-state index contributed by atoms with van der Waals surface area (Å²) in [6.45, 7) is 6.64. The van der Waals surface area contributed by atoms with Gasteiger partial charge in [0.25, 0.3) is 9.84 Å². The molecule has 1 aromatic carbocycles. The van der Waals surface area contributed by atoms with Crippen molar-refractivity contribution in [3.05, 3.63) is 35.5 Å². The van der Waals surface area contributed by atoms with Crippen molar-refractivity contribution in [3.8, 4) is 5.88 Å². The predicted octanol–water partition coefficient (Wildman–Crippen LogP) is 3.60. The van der Waals surface area contributed by atoms with Crippen molar-refractivity contribution in [2.75, 3.05) is 33.0 Å². The van der Waals surface area contributed by atoms with Gasteiger partial charge in [-0.3, -0.25) is 14.2 Å². The summed E-state index contributed by atoms with van der Waals surface area (Å²) in [5.74, 6) is 1.20. The van der Waals surface area contributed by atoms with Crippen LogP contribution in [0.15, 0.2) is 44.9 Å². The average Bonchev–Trinajstić information content (AvgIpc) is 3.69. The van der Waals surface area contributed by atoms with Crippen molar-refractivity contribution in [2.45, 2.75) is 107 Å². The van der Waals surface area contributed by atoms with E-state index in [-0.39, 0.29) is 71.7 Å². The van der Waals surface area contributed by atoms with Crippen molar-refractivity contribution < 1.29 is 52.0 Å². The number of nitrogens with zero attached hydrogens (tertiary/aromatic N) is 2. The van der Waals surface area contributed by atoms with Gasteiger partial charge in [-0.05, 0) is 121 Å². The molecule has 10 atom stereocenters. The smallest absolute Gasteiger partial charge is 0.415 e. The first kappa shape index (κ1) is 39.4. The molecule has 0 aliphatic heterocycles. The number of rotatable bonds is 15. The normalized spacial score (nSPS) is 32.9. The van der Waals surface area contributed by atoms with Crippen LogP contribution < -0.4 is 15.0 Å². The Bertz CT molecular complexity index is 1690. The number of ether oxygens (including phenoxy) is 3. The van der Waals surface area contributed by atoms with Gasteiger partial charge in [0.1, 0.15) is 19.8 Å². The Hall–Kier alpha value is -3.27. The standard InChI is InChI=1S/C38H55N3O11S/c1-24(28-10-11-29-34-30(14-16-38(28,29)3)37(2)15-13-26(42)21-25(37)22-31(34)43)9-12-32(44)39-23-33(45)50-19-17-49-18-20-51-35-36(41(46)52-40-35)53(47,48)27-7-5-4-6-8-27/h4-8,24-26,28-31,34,42-43H,9-23H2,1-3H3,(H,39,44)/t24-,25+,26-,28-,29+,30+,31+,34?,37+,38-/m1/s1. The number of aliphatic hydroxyl groups excluding tert-OH is 2. The van der Waals surface area contributed by atoms with Crippen LogP contribution in [0.4, 0.5) is 0 Å². The van der Waals surface area contributed by atoms with Gasteiger partial charge in [0.15, 0.2) is 0 Å². The molecule has 1 aromatic heterocycles. The van der Waals surface area contributed by atoms with Crippen molar-refractivity contribution in [2.24, 2.45) is 46.3 Å². The summed E-state index contributed by atoms with van der Waals surface area (Å²) in [5, 5.41) is 39.1. The van der Waals surface area contributed by atoms with Crippen LogP contribution in [-0.2, 0) is 28.9 Å². The van der Waals surface area contributed by atoms with Crippen LogP contribution in [0.1, 0.15) is 85.0 Å². The van der Waals surface area contributed by atoms with E-state index < -0.39 is 26.7 Å². The minimum Gasteiger partial charge on any atom is -0.462 e. The zero-order chi connectivity index (χ0) is 38.0. The van der Waals surface area contributed by atoms with Crippen LogP contribution in [0.5, 0.6) is 5.88 Å². The van der Waals surface area contributed by atoms with Crippen molar-refractivity contribution in [3.63, 3.8) is 0 Å². The molecule has 15 heteroatoms. The lowest BCUT2D eigenvalue weighted by atomic mass is 9.43. The zero-order valence-corrected chi connectivity index (χ0v) is 31.8. The average molecular weight is 762 g/mol. The molecule has 4 aliphatic rings. The van der Waals surface area contributed by atoms with E-state index in [4.69, 9.17) is 14.2 Å². The van der Waals surface area contributed by atoms with E-state index >= 15 is 0 Å². The molecule has 53 heavy (non-hydrogen) atoms. The van der Waals surface area contributed by atoms with E-state index in [9.17, 15) is 33.4 Å². The highest BCUT2D eigenvalue weighted by Gasteiger charge is 2.62. The second-order valence-electron chi connectivity index (χ2n) is 16.3. The molecule has 4 fully saturated rings. The molecular weight excluding hydrogens is 706 g/mol. The molecule has 4 aliphatic carbocycles. The molecular formula is C38H55N3O11S. The molecule has 0 saturated heterocycles. The van der Waals surface area contributed by atoms with Gasteiger partial charge in [-0.1, -0.05) is 39.0 Å². The zero-order valence-electron chi connectivity index (χ0n) is 31.0. The summed E-state index contributed by atoms with van der Waals surface area (Å²) in [7, 11) is -4.23. The minimum atomic E-state index is -4.23. The quantitative estimate of drug-likeness (QED) is 0.136. The number of aliphatic hydroxyl groups is 2. The number of amides is 1. The Labute approximate surface area is 311 Å². The SMILES string of the molecule is C[C@H](CCC(=O)NCC(=O)OCCOCCOc1no[n+]([O-])c1S(=O)(=O)c1ccccc1)[C@H]1CC[C@H]2C3[C@@H](O)C[C@@H]4C[C@H](O)CC[C@]4(C)[C@H]3CC[C@]12C. The van der Waals surface area contributed by atoms with Crippen LogP contribution in [0.2, 0.25) is 0 Å². The van der Waals surface area contributed by atoms with Gasteiger partial charge in [-0.2, -0.15) is 0 Å². The van der Waals surface area contributed by atoms with E-state index in [2.05, 4.69) is 35.9 Å². The lowest BCUT2D eigenvalue weighted by Gasteiger charge is -2.62. The first-order valence-corrected chi connectivity index (χ1v) is 20.6. The molecule has 4 saturated carbocycles. The summed E-state index contributed by atoms with van der Waals surface area (Å²) in [6, 6.07) is 7.34. The minimum absolute atomic E-state index is 0.0174. The van der Waals surface area contributed by atoms with Crippen LogP contribution in [0.25, 0.3) is 0 Å². The fourth-order valence-electron chi connectivity index (χ4n) is 10.8. The number of carbonyl (C=O) groups excluding carboxylic acids is 2. The first-order chi connectivity index (χ1) is 25.3. The topological polar surface area (TPSA) is 201 Å². The number of fused-ring (bicyclic) bond motifs is 5. The van der Waals surface area contributed by atoms with Crippen LogP contribution >= 0.6 is 0 Å². The predicted molar refractivity (Wildman–Crippen MR) is 189 cm³/mol. The van der Waals surface area contributed by atoms with Crippen LogP contribution in [-0.4, -0.2) is 80.8 Å². The number of nitrogens with one attached hydrogen (secondary N) is 1. The maximum absolute atomic E-state index is 12.8. The monoisotopic (exact) mass is 761 g/mol. The molecule has 1 unspecified atom stereocenters. The maximum atomic E-state index is 12.8. The van der Waals surface area contributed by atoms with Crippen molar-refractivity contribution in [1.29, 1.82) is 0 Å². The Kier molecular flexibility index (Phi) is 12.1. The lowest BCUT2D eigenvalue weighted by molar-refractivity contribution is -0.832. The third kappa shape index (κ3) is 8.08. The molecule has 0 radical (unpaired) electrons. The highest BCUT2D eigenvalue weighted by Crippen LogP contribution is 2.68. The molecule has 1 amide bonds. The van der Waals surface area contributed by atoms with Crippen molar-refractivity contribution >= 4 is 21.7 Å². The second-order valence-corrected chi connectivity index (χ2v) is 18.1. The number of aromatic nitrogens is 2. The molecule has 2 aromatic rings. The molecule has 3 N–H and O–H groups in total. The van der Waals surface area contributed by atoms with E-state index in [0.29, 0.717) is 41.9 Å². The summed E-state index contributed by atoms with van der Waals surface area (Å²) >= 11 is 0. The van der Waals surface area contributed by atoms with E-state index in [1.807, 2.05) is 0 Å². The number of esters is 1. The third-order valence-electron chi connectivity index (χ3n) is 13.5. The van der Waals surface area contributed by atoms with Crippen molar-refractivity contribution in [1.82, 2.24) is 10.5 Å². The fraction of sp³-hybridized carbons (Fsp3) is 0.737. The van der Waals surface area contributed by atoms with Crippen LogP contribution in [0.3, 0.4) is 0 Å². The largest absolute Gasteiger partial charge is 0.462 e. The number of carbonyl (C=O) groups is 2. The number of hydrogen-bond donors (Lipinski definition) is 3. The van der Waals surface area contributed by atoms with Gasteiger partial charge in [0.2, 0.25) is 5.91 Å². The Balaban J connectivity index is 0.868. The summed E-state index contributed by atoms with van der Waals surface area (Å²) in [5.41, 5.74) is 0.329. The number of hydrogen-bond acceptors (Lipinski definition) is 12. The van der Waals surface area contributed by atoms with Gasteiger partial charge in [-0.15, -0.1) is 0 Å². The highest BCUT2D eigenvalue weighted by molar-refractivity contribution is 7.91. The number of sulfone groups is 1. The molecule has 6 rings (SSSR count). The van der Waals surface area contributed by atoms with Gasteiger partial charge in [0.05, 0.1) is 35.5 Å². The maximum Gasteiger partial charge on any atom is 0.415 e. The Morgan fingerprint density at radius 2 is 1.74 bits per heavy atom. The summed E-state index contributed by atoms with van der Waals surface area (Å²) in [4.78, 5) is 24.6. The van der Waals surface area contributed by atoms with Gasteiger partial charge in [0, 0.05) is 6.42 Å². The highest BCUT2D eigenvalue weighted by atomic mass is 32.2.